The minimum atomic E-state index is -0.538. The maximum Gasteiger partial charge on any atom is 0.325 e. The van der Waals surface area contributed by atoms with E-state index in [0.717, 1.165) is 5.56 Å². The number of halogens is 1. The molecule has 4 rings (SSSR count). The van der Waals surface area contributed by atoms with Crippen LogP contribution in [-0.4, -0.2) is 49.8 Å². The predicted molar refractivity (Wildman–Crippen MR) is 149 cm³/mol. The van der Waals surface area contributed by atoms with Crippen molar-refractivity contribution in [3.8, 4) is 17.2 Å². The normalized spacial score (nSPS) is 14.2. The van der Waals surface area contributed by atoms with Crippen LogP contribution in [0.1, 0.15) is 11.1 Å². The highest BCUT2D eigenvalue weighted by Crippen LogP contribution is 2.33. The van der Waals surface area contributed by atoms with Crippen molar-refractivity contribution < 1.29 is 28.5 Å². The SMILES string of the molecule is COC(=O)CN1C(=S)N(c2ccc(OC)cc2)C(=O)/C1=C/c1ccc(OCc2ccccc2Cl)c(OC)c1. The van der Waals surface area contributed by atoms with Crippen molar-refractivity contribution in [1.29, 1.82) is 0 Å². The van der Waals surface area contributed by atoms with Gasteiger partial charge >= 0.3 is 5.97 Å². The second kappa shape index (κ2) is 12.0. The average Bonchev–Trinajstić information content (AvgIpc) is 3.16. The molecule has 10 heteroatoms. The lowest BCUT2D eigenvalue weighted by Crippen LogP contribution is -2.35. The van der Waals surface area contributed by atoms with Gasteiger partial charge in [-0.1, -0.05) is 35.9 Å². The van der Waals surface area contributed by atoms with Crippen LogP contribution >= 0.6 is 23.8 Å². The number of ether oxygens (including phenoxy) is 4. The molecular formula is C28H25ClN2O6S. The summed E-state index contributed by atoms with van der Waals surface area (Å²) >= 11 is 11.8. The number of rotatable bonds is 9. The number of benzene rings is 3. The molecule has 38 heavy (non-hydrogen) atoms. The minimum absolute atomic E-state index is 0.156. The van der Waals surface area contributed by atoms with Gasteiger partial charge in [-0.15, -0.1) is 0 Å². The van der Waals surface area contributed by atoms with E-state index in [9.17, 15) is 9.59 Å². The summed E-state index contributed by atoms with van der Waals surface area (Å²) in [5.74, 6) is 0.683. The van der Waals surface area contributed by atoms with Crippen LogP contribution in [0.5, 0.6) is 17.2 Å². The number of carbonyl (C=O) groups excluding carboxylic acids is 2. The fraction of sp³-hybridized carbons (Fsp3) is 0.179. The van der Waals surface area contributed by atoms with Gasteiger partial charge in [-0.25, -0.2) is 0 Å². The zero-order valence-electron chi connectivity index (χ0n) is 21.0. The van der Waals surface area contributed by atoms with Gasteiger partial charge in [0.2, 0.25) is 0 Å². The Balaban J connectivity index is 1.65. The van der Waals surface area contributed by atoms with Crippen molar-refractivity contribution in [2.75, 3.05) is 32.8 Å². The third-order valence-electron chi connectivity index (χ3n) is 5.81. The van der Waals surface area contributed by atoms with Gasteiger partial charge in [0.1, 0.15) is 24.6 Å². The molecule has 1 saturated heterocycles. The van der Waals surface area contributed by atoms with Gasteiger partial charge in [-0.05, 0) is 66.3 Å². The van der Waals surface area contributed by atoms with E-state index in [4.69, 9.17) is 42.8 Å². The maximum absolute atomic E-state index is 13.5. The Labute approximate surface area is 230 Å². The summed E-state index contributed by atoms with van der Waals surface area (Å²) in [4.78, 5) is 28.5. The van der Waals surface area contributed by atoms with E-state index in [1.165, 1.54) is 24.0 Å². The van der Waals surface area contributed by atoms with Crippen molar-refractivity contribution in [3.63, 3.8) is 0 Å². The van der Waals surface area contributed by atoms with Crippen molar-refractivity contribution >= 4 is 52.6 Å². The van der Waals surface area contributed by atoms with Crippen LogP contribution in [0.15, 0.2) is 72.4 Å². The molecule has 0 aliphatic carbocycles. The topological polar surface area (TPSA) is 77.5 Å². The zero-order chi connectivity index (χ0) is 27.2. The molecule has 0 bridgehead atoms. The van der Waals surface area contributed by atoms with Gasteiger partial charge in [0.25, 0.3) is 5.91 Å². The average molecular weight is 553 g/mol. The Bertz CT molecular complexity index is 1390. The fourth-order valence-electron chi connectivity index (χ4n) is 3.81. The Kier molecular flexibility index (Phi) is 8.50. The van der Waals surface area contributed by atoms with Crippen LogP contribution in [0.4, 0.5) is 5.69 Å². The molecule has 0 spiro atoms. The lowest BCUT2D eigenvalue weighted by Gasteiger charge is -2.19. The van der Waals surface area contributed by atoms with Crippen LogP contribution in [0.2, 0.25) is 5.02 Å². The number of hydrogen-bond donors (Lipinski definition) is 0. The van der Waals surface area contributed by atoms with Crippen molar-refractivity contribution in [2.45, 2.75) is 6.61 Å². The molecule has 196 valence electrons. The molecule has 1 heterocycles. The van der Waals surface area contributed by atoms with E-state index >= 15 is 0 Å². The molecule has 1 aliphatic rings. The summed E-state index contributed by atoms with van der Waals surface area (Å²) in [7, 11) is 4.36. The standard InChI is InChI=1S/C28H25ClN2O6S/c1-34-21-11-9-20(10-12-21)31-27(33)23(30(28(31)38)16-26(32)36-3)14-18-8-13-24(25(15-18)35-2)37-17-19-6-4-5-7-22(19)29/h4-15H,16-17H2,1-3H3/b23-14-. The van der Waals surface area contributed by atoms with Crippen LogP contribution < -0.4 is 19.1 Å². The molecule has 0 radical (unpaired) electrons. The number of methoxy groups -OCH3 is 3. The number of nitrogens with zero attached hydrogens (tertiary/aromatic N) is 2. The molecule has 3 aromatic rings. The molecular weight excluding hydrogens is 528 g/mol. The summed E-state index contributed by atoms with van der Waals surface area (Å²) in [6.45, 7) is 0.0304. The largest absolute Gasteiger partial charge is 0.497 e. The second-order valence-corrected chi connectivity index (χ2v) is 8.88. The highest BCUT2D eigenvalue weighted by atomic mass is 35.5. The maximum atomic E-state index is 13.5. The lowest BCUT2D eigenvalue weighted by atomic mass is 10.1. The Morgan fingerprint density at radius 2 is 1.71 bits per heavy atom. The predicted octanol–water partition coefficient (Wildman–Crippen LogP) is 5.08. The van der Waals surface area contributed by atoms with Crippen molar-refractivity contribution in [2.24, 2.45) is 0 Å². The van der Waals surface area contributed by atoms with Crippen LogP contribution in [0.3, 0.4) is 0 Å². The van der Waals surface area contributed by atoms with E-state index in [1.807, 2.05) is 18.2 Å². The Hall–Kier alpha value is -4.08. The highest BCUT2D eigenvalue weighted by Gasteiger charge is 2.40. The fourth-order valence-corrected chi connectivity index (χ4v) is 4.35. The Morgan fingerprint density at radius 1 is 0.974 bits per heavy atom. The quantitative estimate of drug-likeness (QED) is 0.206. The second-order valence-electron chi connectivity index (χ2n) is 8.10. The molecule has 0 aromatic heterocycles. The number of thiocarbonyl (C=S) groups is 1. The first-order chi connectivity index (χ1) is 18.4. The van der Waals surface area contributed by atoms with Crippen LogP contribution in [0, 0.1) is 0 Å². The molecule has 0 atom stereocenters. The van der Waals surface area contributed by atoms with E-state index in [2.05, 4.69) is 0 Å². The van der Waals surface area contributed by atoms with Crippen molar-refractivity contribution in [1.82, 2.24) is 4.90 Å². The first-order valence-electron chi connectivity index (χ1n) is 11.5. The third kappa shape index (κ3) is 5.74. The van der Waals surface area contributed by atoms with E-state index in [0.29, 0.717) is 33.5 Å². The van der Waals surface area contributed by atoms with Crippen molar-refractivity contribution in [3.05, 3.63) is 88.6 Å². The van der Waals surface area contributed by atoms with Crippen LogP contribution in [0.25, 0.3) is 6.08 Å². The van der Waals surface area contributed by atoms with E-state index in [-0.39, 0.29) is 29.9 Å². The number of carbonyl (C=O) groups is 2. The molecule has 1 amide bonds. The number of anilines is 1. The molecule has 0 unspecified atom stereocenters. The lowest BCUT2D eigenvalue weighted by molar-refractivity contribution is -0.140. The number of esters is 1. The highest BCUT2D eigenvalue weighted by molar-refractivity contribution is 7.80. The number of hydrogen-bond acceptors (Lipinski definition) is 7. The van der Waals surface area contributed by atoms with Gasteiger partial charge in [0.15, 0.2) is 16.6 Å². The van der Waals surface area contributed by atoms with Crippen LogP contribution in [-0.2, 0) is 20.9 Å². The summed E-state index contributed by atoms with van der Waals surface area (Å²) in [5, 5.41) is 0.763. The monoisotopic (exact) mass is 552 g/mol. The van der Waals surface area contributed by atoms with Gasteiger partial charge in [0, 0.05) is 10.6 Å². The van der Waals surface area contributed by atoms with Gasteiger partial charge in [-0.3, -0.25) is 14.5 Å². The first-order valence-corrected chi connectivity index (χ1v) is 12.3. The summed E-state index contributed by atoms with van der Waals surface area (Å²) in [5.41, 5.74) is 2.23. The molecule has 0 saturated carbocycles. The van der Waals surface area contributed by atoms with Gasteiger partial charge in [0.05, 0.1) is 27.0 Å². The van der Waals surface area contributed by atoms with Gasteiger partial charge < -0.3 is 23.8 Å². The summed E-state index contributed by atoms with van der Waals surface area (Å²) in [6, 6.07) is 19.6. The van der Waals surface area contributed by atoms with E-state index in [1.54, 1.807) is 61.7 Å². The smallest absolute Gasteiger partial charge is 0.325 e. The third-order valence-corrected chi connectivity index (χ3v) is 6.58. The first kappa shape index (κ1) is 27.0. The molecule has 0 N–H and O–H groups in total. The molecule has 3 aromatic carbocycles. The Morgan fingerprint density at radius 3 is 2.37 bits per heavy atom. The van der Waals surface area contributed by atoms with E-state index < -0.39 is 5.97 Å². The summed E-state index contributed by atoms with van der Waals surface area (Å²) < 4.78 is 21.5. The summed E-state index contributed by atoms with van der Waals surface area (Å²) in [6.07, 6.45) is 1.64. The van der Waals surface area contributed by atoms with Gasteiger partial charge in [-0.2, -0.15) is 0 Å². The minimum Gasteiger partial charge on any atom is -0.497 e. The molecule has 1 aliphatic heterocycles. The molecule has 1 fully saturated rings. The molecule has 8 nitrogen and oxygen atoms in total. The zero-order valence-corrected chi connectivity index (χ0v) is 22.5. The number of amides is 1.